The van der Waals surface area contributed by atoms with Crippen LogP contribution in [0.2, 0.25) is 0 Å². The fraction of sp³-hybridized carbons (Fsp3) is 0.941. The number of hydrogen-bond acceptors (Lipinski definition) is 15. The number of carbonyl (C=O) groups excluding carboxylic acids is 4. The Morgan fingerprint density at radius 2 is 0.483 bits per heavy atom. The zero-order valence-electron chi connectivity index (χ0n) is 56.6. The van der Waals surface area contributed by atoms with Gasteiger partial charge in [0.05, 0.1) is 26.4 Å². The second-order valence-corrected chi connectivity index (χ2v) is 29.4. The molecule has 3 N–H and O–H groups in total. The summed E-state index contributed by atoms with van der Waals surface area (Å²) in [4.78, 5) is 72.4. The summed E-state index contributed by atoms with van der Waals surface area (Å²) in [6, 6.07) is 0. The zero-order chi connectivity index (χ0) is 64.7. The first-order valence-electron chi connectivity index (χ1n) is 35.2. The lowest BCUT2D eigenvalue weighted by Gasteiger charge is -2.21. The number of unbranched alkanes of at least 4 members (excludes halogenated alkanes) is 31. The summed E-state index contributed by atoms with van der Waals surface area (Å²) in [6.07, 6.45) is 39.1. The number of ether oxygens (including phenoxy) is 4. The first-order valence-corrected chi connectivity index (χ1v) is 38.2. The molecule has 0 aromatic rings. The molecule has 19 heteroatoms. The van der Waals surface area contributed by atoms with Crippen molar-refractivity contribution in [1.82, 2.24) is 0 Å². The summed E-state index contributed by atoms with van der Waals surface area (Å²) in [5.41, 5.74) is 0. The van der Waals surface area contributed by atoms with E-state index in [1.807, 2.05) is 0 Å². The summed E-state index contributed by atoms with van der Waals surface area (Å²) in [7, 11) is -9.90. The molecule has 0 spiro atoms. The Hall–Kier alpha value is -1.94. The highest BCUT2D eigenvalue weighted by Gasteiger charge is 2.30. The van der Waals surface area contributed by atoms with Gasteiger partial charge in [-0.3, -0.25) is 37.3 Å². The largest absolute Gasteiger partial charge is 0.472 e. The van der Waals surface area contributed by atoms with E-state index in [1.54, 1.807) is 0 Å². The first-order chi connectivity index (χ1) is 41.6. The van der Waals surface area contributed by atoms with Gasteiger partial charge in [-0.25, -0.2) is 9.13 Å². The molecule has 516 valence electrons. The lowest BCUT2D eigenvalue weighted by atomic mass is 10.0. The number of aliphatic hydroxyl groups is 1. The van der Waals surface area contributed by atoms with Gasteiger partial charge in [0.15, 0.2) is 12.2 Å². The van der Waals surface area contributed by atoms with Gasteiger partial charge in [-0.2, -0.15) is 0 Å². The molecule has 0 saturated heterocycles. The molecule has 17 nitrogen and oxygen atoms in total. The van der Waals surface area contributed by atoms with Crippen LogP contribution in [0.5, 0.6) is 0 Å². The molecule has 0 amide bonds. The Morgan fingerprint density at radius 1 is 0.287 bits per heavy atom. The standard InChI is InChI=1S/C68H132O17P2/c1-58(2)44-36-28-20-14-11-9-10-12-16-24-34-42-50-67(72)84-63(54-78-65(70)48-40-32-26-18-22-30-38-46-60(5)6)56-82-86(74,75)80-52-62(69)53-81-87(76,77)83-57-64(55-79-66(71)49-41-33-27-19-23-31-39-47-61(7)8)85-68(73)51-43-35-25-17-13-15-21-29-37-45-59(3)4/h58-64,69H,9-57H2,1-8H3,(H,74,75)(H,76,77)/t62?,63-,64-/m1/s1. The molecule has 0 aliphatic carbocycles. The Labute approximate surface area is 530 Å². The summed E-state index contributed by atoms with van der Waals surface area (Å²) in [6.45, 7) is 14.0. The third-order valence-electron chi connectivity index (χ3n) is 15.6. The second-order valence-electron chi connectivity index (χ2n) is 26.5. The van der Waals surface area contributed by atoms with Crippen LogP contribution in [0.1, 0.15) is 331 Å². The van der Waals surface area contributed by atoms with Gasteiger partial charge in [0.25, 0.3) is 0 Å². The molecule has 0 rings (SSSR count). The van der Waals surface area contributed by atoms with E-state index in [-0.39, 0.29) is 25.7 Å². The fourth-order valence-corrected chi connectivity index (χ4v) is 11.7. The number of carbonyl (C=O) groups is 4. The third kappa shape index (κ3) is 62.6. The quantitative estimate of drug-likeness (QED) is 0.0222. The van der Waals surface area contributed by atoms with E-state index in [0.29, 0.717) is 37.5 Å². The number of esters is 4. The Bertz CT molecular complexity index is 1730. The van der Waals surface area contributed by atoms with Crippen molar-refractivity contribution in [2.45, 2.75) is 350 Å². The molecule has 0 aliphatic heterocycles. The van der Waals surface area contributed by atoms with Crippen LogP contribution in [0.4, 0.5) is 0 Å². The van der Waals surface area contributed by atoms with Crippen LogP contribution in [-0.4, -0.2) is 96.7 Å². The summed E-state index contributed by atoms with van der Waals surface area (Å²) in [5.74, 6) is 0.789. The lowest BCUT2D eigenvalue weighted by Crippen LogP contribution is -2.30. The minimum atomic E-state index is -4.95. The molecule has 5 atom stereocenters. The van der Waals surface area contributed by atoms with Crippen molar-refractivity contribution in [3.8, 4) is 0 Å². The van der Waals surface area contributed by atoms with Gasteiger partial charge in [0.1, 0.15) is 19.3 Å². The molecule has 0 aliphatic rings. The summed E-state index contributed by atoms with van der Waals surface area (Å²) >= 11 is 0. The molecular formula is C68H132O17P2. The van der Waals surface area contributed by atoms with Gasteiger partial charge in [0, 0.05) is 25.7 Å². The van der Waals surface area contributed by atoms with Gasteiger partial charge < -0.3 is 33.8 Å². The van der Waals surface area contributed by atoms with Crippen molar-refractivity contribution in [2.75, 3.05) is 39.6 Å². The molecule has 87 heavy (non-hydrogen) atoms. The minimum Gasteiger partial charge on any atom is -0.462 e. The van der Waals surface area contributed by atoms with Gasteiger partial charge in [0.2, 0.25) is 0 Å². The Balaban J connectivity index is 5.25. The molecular weight excluding hydrogens is 1150 g/mol. The van der Waals surface area contributed by atoms with Crippen molar-refractivity contribution >= 4 is 39.5 Å². The van der Waals surface area contributed by atoms with Crippen molar-refractivity contribution in [1.29, 1.82) is 0 Å². The van der Waals surface area contributed by atoms with Gasteiger partial charge in [-0.15, -0.1) is 0 Å². The molecule has 0 bridgehead atoms. The topological polar surface area (TPSA) is 237 Å². The monoisotopic (exact) mass is 1280 g/mol. The van der Waals surface area contributed by atoms with Gasteiger partial charge >= 0.3 is 39.5 Å². The minimum absolute atomic E-state index is 0.104. The highest BCUT2D eigenvalue weighted by Crippen LogP contribution is 2.45. The van der Waals surface area contributed by atoms with E-state index < -0.39 is 97.5 Å². The van der Waals surface area contributed by atoms with Crippen LogP contribution < -0.4 is 0 Å². The number of phosphoric ester groups is 2. The van der Waals surface area contributed by atoms with Crippen LogP contribution in [0.15, 0.2) is 0 Å². The maximum Gasteiger partial charge on any atom is 0.472 e. The highest BCUT2D eigenvalue weighted by molar-refractivity contribution is 7.47. The van der Waals surface area contributed by atoms with Gasteiger partial charge in [-0.1, -0.05) is 280 Å². The van der Waals surface area contributed by atoms with Crippen LogP contribution in [-0.2, 0) is 65.4 Å². The van der Waals surface area contributed by atoms with E-state index in [9.17, 15) is 43.2 Å². The van der Waals surface area contributed by atoms with E-state index in [1.165, 1.54) is 122 Å². The van der Waals surface area contributed by atoms with Crippen molar-refractivity contribution in [2.24, 2.45) is 23.7 Å². The van der Waals surface area contributed by atoms with Crippen molar-refractivity contribution < 1.29 is 80.2 Å². The average molecular weight is 1280 g/mol. The lowest BCUT2D eigenvalue weighted by molar-refractivity contribution is -0.161. The van der Waals surface area contributed by atoms with Crippen LogP contribution >= 0.6 is 15.6 Å². The van der Waals surface area contributed by atoms with Gasteiger partial charge in [-0.05, 0) is 49.4 Å². The fourth-order valence-electron chi connectivity index (χ4n) is 10.1. The van der Waals surface area contributed by atoms with E-state index in [4.69, 9.17) is 37.0 Å². The molecule has 0 saturated carbocycles. The molecule has 0 fully saturated rings. The average Bonchev–Trinajstić information content (AvgIpc) is 3.61. The molecule has 0 aromatic carbocycles. The van der Waals surface area contributed by atoms with Crippen molar-refractivity contribution in [3.05, 3.63) is 0 Å². The highest BCUT2D eigenvalue weighted by atomic mass is 31.2. The zero-order valence-corrected chi connectivity index (χ0v) is 58.4. The SMILES string of the molecule is CC(C)CCCCCCCCCCCCCCC(=O)O[C@H](COC(=O)CCCCCCCCCC(C)C)COP(=O)(O)OCC(O)COP(=O)(O)OC[C@@H](COC(=O)CCCCCCCCCC(C)C)OC(=O)CCCCCCCCCCCC(C)C. The van der Waals surface area contributed by atoms with E-state index in [2.05, 4.69) is 55.4 Å². The van der Waals surface area contributed by atoms with Crippen LogP contribution in [0, 0.1) is 23.7 Å². The smallest absolute Gasteiger partial charge is 0.462 e. The van der Waals surface area contributed by atoms with E-state index in [0.717, 1.165) is 115 Å². The Morgan fingerprint density at radius 3 is 0.713 bits per heavy atom. The number of hydrogen-bond donors (Lipinski definition) is 3. The summed E-state index contributed by atoms with van der Waals surface area (Å²) in [5, 5.41) is 10.6. The maximum absolute atomic E-state index is 13.0. The molecule has 0 aromatic heterocycles. The number of rotatable bonds is 65. The van der Waals surface area contributed by atoms with E-state index >= 15 is 0 Å². The van der Waals surface area contributed by atoms with Crippen LogP contribution in [0.3, 0.4) is 0 Å². The maximum atomic E-state index is 13.0. The predicted octanol–water partition coefficient (Wildman–Crippen LogP) is 18.9. The Kier molecular flexibility index (Phi) is 56.6. The normalized spacial score (nSPS) is 14.3. The predicted molar refractivity (Wildman–Crippen MR) is 349 cm³/mol. The first kappa shape index (κ1) is 85.1. The van der Waals surface area contributed by atoms with Crippen molar-refractivity contribution in [3.63, 3.8) is 0 Å². The van der Waals surface area contributed by atoms with Crippen LogP contribution in [0.25, 0.3) is 0 Å². The molecule has 0 heterocycles. The molecule has 0 radical (unpaired) electrons. The number of aliphatic hydroxyl groups excluding tert-OH is 1. The second kappa shape index (κ2) is 57.9. The summed E-state index contributed by atoms with van der Waals surface area (Å²) < 4.78 is 68.2. The third-order valence-corrected chi connectivity index (χ3v) is 17.5. The molecule has 3 unspecified atom stereocenters. The number of phosphoric acid groups is 2.